The summed E-state index contributed by atoms with van der Waals surface area (Å²) in [5, 5.41) is 9.02. The molecular formula is C14H12F3NO2. The largest absolute Gasteiger partial charge is 0.439 e. The van der Waals surface area contributed by atoms with Gasteiger partial charge in [-0.05, 0) is 36.8 Å². The monoisotopic (exact) mass is 283 g/mol. The Bertz CT molecular complexity index is 612. The first-order chi connectivity index (χ1) is 9.40. The number of benzene rings is 1. The lowest BCUT2D eigenvalue weighted by Gasteiger charge is -2.10. The minimum atomic E-state index is -4.41. The van der Waals surface area contributed by atoms with Crippen LogP contribution in [-0.2, 0) is 12.8 Å². The van der Waals surface area contributed by atoms with Gasteiger partial charge in [-0.2, -0.15) is 13.2 Å². The average Bonchev–Trinajstić information content (AvgIpc) is 2.38. The molecule has 3 nitrogen and oxygen atoms in total. The van der Waals surface area contributed by atoms with Crippen molar-refractivity contribution < 1.29 is 23.0 Å². The van der Waals surface area contributed by atoms with Gasteiger partial charge in [-0.1, -0.05) is 6.07 Å². The molecule has 0 aliphatic carbocycles. The lowest BCUT2D eigenvalue weighted by molar-refractivity contribution is -0.137. The molecule has 2 aromatic rings. The number of ether oxygens (including phenoxy) is 1. The summed E-state index contributed by atoms with van der Waals surface area (Å²) in [7, 11) is 0. The van der Waals surface area contributed by atoms with E-state index >= 15 is 0 Å². The molecule has 0 aliphatic rings. The lowest BCUT2D eigenvalue weighted by atomic mass is 10.2. The second-order valence-corrected chi connectivity index (χ2v) is 4.18. The molecule has 2 rings (SSSR count). The number of alkyl halides is 3. The van der Waals surface area contributed by atoms with Crippen molar-refractivity contribution in [3.8, 4) is 11.6 Å². The van der Waals surface area contributed by atoms with E-state index < -0.39 is 11.7 Å². The van der Waals surface area contributed by atoms with Gasteiger partial charge in [-0.15, -0.1) is 0 Å². The number of nitrogens with zero attached hydrogens (tertiary/aromatic N) is 1. The highest BCUT2D eigenvalue weighted by atomic mass is 19.4. The van der Waals surface area contributed by atoms with Gasteiger partial charge in [0.1, 0.15) is 5.75 Å². The second kappa shape index (κ2) is 5.50. The van der Waals surface area contributed by atoms with Gasteiger partial charge in [0.05, 0.1) is 12.2 Å². The van der Waals surface area contributed by atoms with Gasteiger partial charge in [-0.25, -0.2) is 4.98 Å². The molecule has 20 heavy (non-hydrogen) atoms. The van der Waals surface area contributed by atoms with Crippen molar-refractivity contribution in [2.45, 2.75) is 19.7 Å². The van der Waals surface area contributed by atoms with Crippen molar-refractivity contribution in [2.75, 3.05) is 0 Å². The number of aryl methyl sites for hydroxylation is 1. The van der Waals surface area contributed by atoms with E-state index in [0.29, 0.717) is 11.3 Å². The van der Waals surface area contributed by atoms with E-state index in [1.807, 2.05) is 0 Å². The molecule has 0 spiro atoms. The van der Waals surface area contributed by atoms with Gasteiger partial charge < -0.3 is 9.84 Å². The molecule has 0 bridgehead atoms. The maximum Gasteiger partial charge on any atom is 0.416 e. The topological polar surface area (TPSA) is 42.4 Å². The minimum Gasteiger partial charge on any atom is -0.439 e. The Balaban J connectivity index is 2.24. The summed E-state index contributed by atoms with van der Waals surface area (Å²) in [6.45, 7) is 1.53. The summed E-state index contributed by atoms with van der Waals surface area (Å²) < 4.78 is 43.0. The molecule has 0 atom stereocenters. The normalized spacial score (nSPS) is 11.4. The van der Waals surface area contributed by atoms with Crippen molar-refractivity contribution in [1.82, 2.24) is 4.98 Å². The van der Waals surface area contributed by atoms with E-state index in [2.05, 4.69) is 4.98 Å². The zero-order valence-electron chi connectivity index (χ0n) is 10.6. The van der Waals surface area contributed by atoms with Crippen LogP contribution < -0.4 is 4.74 Å². The van der Waals surface area contributed by atoms with E-state index in [-0.39, 0.29) is 18.2 Å². The van der Waals surface area contributed by atoms with Crippen molar-refractivity contribution >= 4 is 0 Å². The van der Waals surface area contributed by atoms with E-state index in [0.717, 1.165) is 12.1 Å². The lowest BCUT2D eigenvalue weighted by Crippen LogP contribution is -2.04. The van der Waals surface area contributed by atoms with Gasteiger partial charge in [-0.3, -0.25) is 0 Å². The molecule has 0 amide bonds. The van der Waals surface area contributed by atoms with Crippen LogP contribution in [0.2, 0.25) is 0 Å². The number of hydrogen-bond donors (Lipinski definition) is 1. The Kier molecular flexibility index (Phi) is 3.94. The quantitative estimate of drug-likeness (QED) is 0.934. The summed E-state index contributed by atoms with van der Waals surface area (Å²) in [6.07, 6.45) is -4.41. The molecular weight excluding hydrogens is 271 g/mol. The summed E-state index contributed by atoms with van der Waals surface area (Å²) in [6, 6.07) is 7.70. The maximum absolute atomic E-state index is 12.6. The molecule has 106 valence electrons. The fraction of sp³-hybridized carbons (Fsp3) is 0.214. The Labute approximate surface area is 113 Å². The van der Waals surface area contributed by atoms with Crippen LogP contribution in [0.5, 0.6) is 11.6 Å². The van der Waals surface area contributed by atoms with Gasteiger partial charge >= 0.3 is 6.18 Å². The van der Waals surface area contributed by atoms with Gasteiger partial charge in [0.15, 0.2) is 0 Å². The fourth-order valence-electron chi connectivity index (χ4n) is 1.65. The molecule has 0 radical (unpaired) electrons. The zero-order chi connectivity index (χ0) is 14.8. The minimum absolute atomic E-state index is 0.0588. The highest BCUT2D eigenvalue weighted by molar-refractivity contribution is 5.34. The zero-order valence-corrected chi connectivity index (χ0v) is 10.6. The summed E-state index contributed by atoms with van der Waals surface area (Å²) in [5.41, 5.74) is 0.428. The highest BCUT2D eigenvalue weighted by Crippen LogP contribution is 2.32. The first-order valence-corrected chi connectivity index (χ1v) is 5.82. The van der Waals surface area contributed by atoms with Gasteiger partial charge in [0.25, 0.3) is 0 Å². The molecule has 1 aromatic carbocycles. The number of halogens is 3. The first kappa shape index (κ1) is 14.3. The maximum atomic E-state index is 12.6. The van der Waals surface area contributed by atoms with E-state index in [1.165, 1.54) is 18.2 Å². The van der Waals surface area contributed by atoms with E-state index in [9.17, 15) is 13.2 Å². The number of aliphatic hydroxyl groups excluding tert-OH is 1. The fourth-order valence-corrected chi connectivity index (χ4v) is 1.65. The average molecular weight is 283 g/mol. The van der Waals surface area contributed by atoms with Crippen LogP contribution in [0.3, 0.4) is 0 Å². The molecule has 1 aromatic heterocycles. The predicted molar refractivity (Wildman–Crippen MR) is 66.4 cm³/mol. The Hall–Kier alpha value is -2.08. The standard InChI is InChI=1S/C14H12F3NO2/c1-9-10(8-19)5-6-13(18-9)20-12-4-2-3-11(7-12)14(15,16)17/h2-7,19H,8H2,1H3. The Morgan fingerprint density at radius 1 is 1.20 bits per heavy atom. The molecule has 1 heterocycles. The van der Waals surface area contributed by atoms with Crippen molar-refractivity contribution in [3.05, 3.63) is 53.2 Å². The predicted octanol–water partition coefficient (Wildman–Crippen LogP) is 3.69. The number of pyridine rings is 1. The summed E-state index contributed by atoms with van der Waals surface area (Å²) >= 11 is 0. The van der Waals surface area contributed by atoms with Crippen LogP contribution in [0.4, 0.5) is 13.2 Å². The van der Waals surface area contributed by atoms with Crippen LogP contribution >= 0.6 is 0 Å². The highest BCUT2D eigenvalue weighted by Gasteiger charge is 2.30. The second-order valence-electron chi connectivity index (χ2n) is 4.18. The van der Waals surface area contributed by atoms with Gasteiger partial charge in [0, 0.05) is 11.8 Å². The van der Waals surface area contributed by atoms with E-state index in [4.69, 9.17) is 9.84 Å². The van der Waals surface area contributed by atoms with Crippen LogP contribution in [-0.4, -0.2) is 10.1 Å². The Morgan fingerprint density at radius 2 is 1.95 bits per heavy atom. The van der Waals surface area contributed by atoms with Crippen LogP contribution in [0.15, 0.2) is 36.4 Å². The third kappa shape index (κ3) is 3.27. The van der Waals surface area contributed by atoms with E-state index in [1.54, 1.807) is 13.0 Å². The van der Waals surface area contributed by atoms with Crippen LogP contribution in [0.1, 0.15) is 16.8 Å². The summed E-state index contributed by atoms with van der Waals surface area (Å²) in [4.78, 5) is 4.07. The molecule has 0 unspecified atom stereocenters. The molecule has 0 saturated carbocycles. The third-order valence-corrected chi connectivity index (χ3v) is 2.72. The number of aromatic nitrogens is 1. The van der Waals surface area contributed by atoms with Crippen molar-refractivity contribution in [3.63, 3.8) is 0 Å². The van der Waals surface area contributed by atoms with Crippen LogP contribution in [0.25, 0.3) is 0 Å². The molecule has 6 heteroatoms. The number of aliphatic hydroxyl groups is 1. The molecule has 1 N–H and O–H groups in total. The number of hydrogen-bond acceptors (Lipinski definition) is 3. The molecule has 0 fully saturated rings. The van der Waals surface area contributed by atoms with Crippen molar-refractivity contribution in [1.29, 1.82) is 0 Å². The SMILES string of the molecule is Cc1nc(Oc2cccc(C(F)(F)F)c2)ccc1CO. The summed E-state index contributed by atoms with van der Waals surface area (Å²) in [5.74, 6) is 0.238. The third-order valence-electron chi connectivity index (χ3n) is 2.72. The van der Waals surface area contributed by atoms with Gasteiger partial charge in [0.2, 0.25) is 5.88 Å². The van der Waals surface area contributed by atoms with Crippen molar-refractivity contribution in [2.24, 2.45) is 0 Å². The molecule has 0 aliphatic heterocycles. The smallest absolute Gasteiger partial charge is 0.416 e. The van der Waals surface area contributed by atoms with Crippen LogP contribution in [0, 0.1) is 6.92 Å². The first-order valence-electron chi connectivity index (χ1n) is 5.82. The Morgan fingerprint density at radius 3 is 2.55 bits per heavy atom. The number of rotatable bonds is 3. The molecule has 0 saturated heterocycles.